The third-order valence-corrected chi connectivity index (χ3v) is 3.48. The van der Waals surface area contributed by atoms with Crippen LogP contribution in [0, 0.1) is 0 Å². The van der Waals surface area contributed by atoms with Gasteiger partial charge >= 0.3 is 0 Å². The Morgan fingerprint density at radius 1 is 0.684 bits per heavy atom. The minimum absolute atomic E-state index is 0.251. The van der Waals surface area contributed by atoms with Crippen LogP contribution in [0.2, 0.25) is 0 Å². The first kappa shape index (κ1) is 13.7. The predicted octanol–water partition coefficient (Wildman–Crippen LogP) is 3.85. The lowest BCUT2D eigenvalue weighted by Gasteiger charge is -2.02. The lowest BCUT2D eigenvalue weighted by molar-refractivity contribution is 0.497. The van der Waals surface area contributed by atoms with E-state index in [2.05, 4.69) is 8.73 Å². The highest BCUT2D eigenvalue weighted by molar-refractivity contribution is 7.84. The van der Waals surface area contributed by atoms with E-state index < -0.39 is 10.2 Å². The fourth-order valence-corrected chi connectivity index (χ4v) is 2.26. The van der Waals surface area contributed by atoms with Crippen molar-refractivity contribution >= 4 is 10.2 Å². The Hall–Kier alpha value is -1.69. The van der Waals surface area contributed by atoms with E-state index in [1.807, 2.05) is 60.7 Å². The van der Waals surface area contributed by atoms with Crippen LogP contribution in [0.1, 0.15) is 11.1 Å². The Morgan fingerprint density at radius 3 is 1.42 bits per heavy atom. The molecule has 0 saturated carbocycles. The van der Waals surface area contributed by atoms with Gasteiger partial charge in [-0.05, 0) is 11.1 Å². The Morgan fingerprint density at radius 2 is 1.05 bits per heavy atom. The molecule has 0 atom stereocenters. The molecule has 4 nitrogen and oxygen atoms in total. The van der Waals surface area contributed by atoms with Gasteiger partial charge in [0.15, 0.2) is 10.2 Å². The van der Waals surface area contributed by atoms with Crippen molar-refractivity contribution in [2.75, 3.05) is 0 Å². The second-order valence-electron chi connectivity index (χ2n) is 4.04. The highest BCUT2D eigenvalue weighted by Gasteiger charge is 1.97. The lowest BCUT2D eigenvalue weighted by atomic mass is 10.2. The van der Waals surface area contributed by atoms with Crippen molar-refractivity contribution in [2.24, 2.45) is 8.73 Å². The summed E-state index contributed by atoms with van der Waals surface area (Å²) in [5, 5.41) is 0. The Labute approximate surface area is 113 Å². The topological polar surface area (TPSA) is 65.2 Å². The van der Waals surface area contributed by atoms with Crippen LogP contribution in [0.4, 0.5) is 0 Å². The summed E-state index contributed by atoms with van der Waals surface area (Å²) in [7, 11) is -3.23. The first-order valence-corrected chi connectivity index (χ1v) is 7.35. The van der Waals surface area contributed by atoms with Gasteiger partial charge in [-0.2, -0.15) is 0 Å². The average molecular weight is 276 g/mol. The second-order valence-corrected chi connectivity index (χ2v) is 5.53. The van der Waals surface area contributed by atoms with Crippen LogP contribution in [0.3, 0.4) is 0 Å². The Balaban J connectivity index is 2.08. The molecule has 100 valence electrons. The third kappa shape index (κ3) is 4.82. The molecule has 0 fully saturated rings. The van der Waals surface area contributed by atoms with Gasteiger partial charge < -0.3 is 0 Å². The van der Waals surface area contributed by atoms with E-state index >= 15 is 0 Å². The second kappa shape index (κ2) is 6.47. The minimum atomic E-state index is -3.23. The summed E-state index contributed by atoms with van der Waals surface area (Å²) in [5.74, 6) is 0. The molecule has 19 heavy (non-hydrogen) atoms. The van der Waals surface area contributed by atoms with E-state index in [0.717, 1.165) is 11.1 Å². The highest BCUT2D eigenvalue weighted by atomic mass is 32.2. The lowest BCUT2D eigenvalue weighted by Crippen LogP contribution is -1.97. The molecular weight excluding hydrogens is 260 g/mol. The van der Waals surface area contributed by atoms with Crippen LogP contribution in [0.15, 0.2) is 69.4 Å². The van der Waals surface area contributed by atoms with Crippen molar-refractivity contribution in [1.29, 1.82) is 0 Å². The van der Waals surface area contributed by atoms with Gasteiger partial charge in [-0.15, -0.1) is 0 Å². The summed E-state index contributed by atoms with van der Waals surface area (Å²) in [6.45, 7) is 0.503. The zero-order valence-electron chi connectivity index (χ0n) is 10.4. The maximum atomic E-state index is 9.74. The van der Waals surface area contributed by atoms with E-state index in [1.165, 1.54) is 0 Å². The summed E-state index contributed by atoms with van der Waals surface area (Å²) in [6.07, 6.45) is 0. The number of benzene rings is 2. The van der Waals surface area contributed by atoms with Gasteiger partial charge in [-0.25, -0.2) is 8.73 Å². The molecule has 5 heteroatoms. The molecule has 0 saturated heterocycles. The zero-order valence-corrected chi connectivity index (χ0v) is 11.2. The molecule has 0 aliphatic heterocycles. The van der Waals surface area contributed by atoms with Gasteiger partial charge in [0.1, 0.15) is 0 Å². The average Bonchev–Trinajstić information content (AvgIpc) is 2.46. The van der Waals surface area contributed by atoms with Crippen LogP contribution in [-0.2, 0) is 23.3 Å². The van der Waals surface area contributed by atoms with Crippen molar-refractivity contribution in [3.05, 3.63) is 71.8 Å². The van der Waals surface area contributed by atoms with Crippen LogP contribution in [0.25, 0.3) is 0 Å². The molecule has 0 unspecified atom stereocenters. The molecule has 0 radical (unpaired) electrons. The van der Waals surface area contributed by atoms with Crippen LogP contribution >= 0.6 is 0 Å². The first-order valence-electron chi connectivity index (χ1n) is 5.89. The van der Waals surface area contributed by atoms with Crippen molar-refractivity contribution < 1.29 is 9.11 Å². The molecule has 0 heterocycles. The van der Waals surface area contributed by atoms with Gasteiger partial charge in [0.25, 0.3) is 0 Å². The predicted molar refractivity (Wildman–Crippen MR) is 77.8 cm³/mol. The molecule has 2 aromatic carbocycles. The molecule has 0 aliphatic rings. The fourth-order valence-electron chi connectivity index (χ4n) is 1.53. The van der Waals surface area contributed by atoms with Crippen LogP contribution in [-0.4, -0.2) is 9.11 Å². The van der Waals surface area contributed by atoms with Gasteiger partial charge in [0, 0.05) is 0 Å². The van der Waals surface area contributed by atoms with Crippen LogP contribution < -0.4 is 0 Å². The molecule has 2 rings (SSSR count). The first-order chi connectivity index (χ1) is 9.16. The quantitative estimate of drug-likeness (QED) is 0.890. The van der Waals surface area contributed by atoms with Crippen molar-refractivity contribution in [2.45, 2.75) is 13.1 Å². The normalized spacial score (nSPS) is 11.1. The van der Waals surface area contributed by atoms with Gasteiger partial charge in [-0.3, -0.25) is 9.11 Å². The molecule has 0 amide bonds. The van der Waals surface area contributed by atoms with Gasteiger partial charge in [-0.1, -0.05) is 60.7 Å². The minimum Gasteiger partial charge on any atom is -0.295 e. The van der Waals surface area contributed by atoms with E-state index in [0.29, 0.717) is 0 Å². The summed E-state index contributed by atoms with van der Waals surface area (Å²) in [5.41, 5.74) is 1.86. The number of hydrogen-bond donors (Lipinski definition) is 2. The molecule has 0 aromatic heterocycles. The van der Waals surface area contributed by atoms with Gasteiger partial charge in [0.2, 0.25) is 0 Å². The molecule has 2 N–H and O–H groups in total. The van der Waals surface area contributed by atoms with E-state index in [-0.39, 0.29) is 13.1 Å². The van der Waals surface area contributed by atoms with Crippen molar-refractivity contribution in [3.8, 4) is 0 Å². The number of rotatable bonds is 4. The van der Waals surface area contributed by atoms with E-state index in [4.69, 9.17) is 0 Å². The Bertz CT molecular complexity index is 572. The largest absolute Gasteiger partial charge is 0.295 e. The SMILES string of the molecule is OS(O)(=NCc1ccccc1)=NCc1ccccc1. The summed E-state index contributed by atoms with van der Waals surface area (Å²) >= 11 is 0. The molecule has 0 aliphatic carbocycles. The van der Waals surface area contributed by atoms with Crippen molar-refractivity contribution in [1.82, 2.24) is 0 Å². The third-order valence-electron chi connectivity index (χ3n) is 2.53. The summed E-state index contributed by atoms with van der Waals surface area (Å²) in [6, 6.07) is 18.9. The summed E-state index contributed by atoms with van der Waals surface area (Å²) in [4.78, 5) is 0. The number of hydrogen-bond acceptors (Lipinski definition) is 2. The molecular formula is C14H16N2O2S. The standard InChI is InChI=1S/C14H16N2O2S/c17-19(18,15-11-13-7-3-1-4-8-13)16-12-14-9-5-2-6-10-14/h1-10H,11-12H2,(H2,15,16,17,18). The molecule has 0 bridgehead atoms. The Kier molecular flexibility index (Phi) is 4.68. The van der Waals surface area contributed by atoms with E-state index in [1.54, 1.807) is 0 Å². The smallest absolute Gasteiger partial charge is 0.177 e. The fraction of sp³-hybridized carbons (Fsp3) is 0.143. The summed E-state index contributed by atoms with van der Waals surface area (Å²) < 4.78 is 27.2. The van der Waals surface area contributed by atoms with Gasteiger partial charge in [0.05, 0.1) is 13.1 Å². The highest BCUT2D eigenvalue weighted by Crippen LogP contribution is 2.06. The molecule has 0 spiro atoms. The molecule has 2 aromatic rings. The zero-order chi connectivity index (χ0) is 13.6. The van der Waals surface area contributed by atoms with Crippen LogP contribution in [0.5, 0.6) is 0 Å². The maximum absolute atomic E-state index is 9.74. The van der Waals surface area contributed by atoms with E-state index in [9.17, 15) is 9.11 Å². The van der Waals surface area contributed by atoms with Crippen molar-refractivity contribution in [3.63, 3.8) is 0 Å². The monoisotopic (exact) mass is 276 g/mol. The number of nitrogens with zero attached hydrogens (tertiary/aromatic N) is 2. The maximum Gasteiger partial charge on any atom is 0.177 e.